The molecule has 0 aromatic heterocycles. The van der Waals surface area contributed by atoms with Crippen LogP contribution in [0.4, 0.5) is 0 Å². The Labute approximate surface area is 114 Å². The topological polar surface area (TPSA) is 57.6 Å². The fourth-order valence-electron chi connectivity index (χ4n) is 1.87. The lowest BCUT2D eigenvalue weighted by Gasteiger charge is -2.25. The number of carboxylic acids is 1. The van der Waals surface area contributed by atoms with E-state index in [0.29, 0.717) is 17.0 Å². The maximum atomic E-state index is 11.4. The summed E-state index contributed by atoms with van der Waals surface area (Å²) in [5.74, 6) is -1.10. The van der Waals surface area contributed by atoms with E-state index in [1.165, 1.54) is 11.0 Å². The number of nitrogens with zero attached hydrogens (tertiary/aromatic N) is 1. The number of halogens is 2. The van der Waals surface area contributed by atoms with Crippen molar-refractivity contribution in [2.45, 2.75) is 24.9 Å². The van der Waals surface area contributed by atoms with E-state index >= 15 is 0 Å². The van der Waals surface area contributed by atoms with Crippen LogP contribution < -0.4 is 0 Å². The van der Waals surface area contributed by atoms with Gasteiger partial charge in [0.15, 0.2) is 6.04 Å². The minimum absolute atomic E-state index is 0.00431. The van der Waals surface area contributed by atoms with Gasteiger partial charge in [-0.25, -0.2) is 4.79 Å². The third-order valence-corrected chi connectivity index (χ3v) is 3.44. The molecule has 6 heteroatoms. The van der Waals surface area contributed by atoms with Crippen molar-refractivity contribution in [1.29, 1.82) is 0 Å². The molecule has 1 atom stereocenters. The maximum Gasteiger partial charge on any atom is 0.331 e. The van der Waals surface area contributed by atoms with Gasteiger partial charge in [0.05, 0.1) is 0 Å². The van der Waals surface area contributed by atoms with Crippen molar-refractivity contribution < 1.29 is 14.7 Å². The van der Waals surface area contributed by atoms with E-state index < -0.39 is 12.0 Å². The molecule has 18 heavy (non-hydrogen) atoms. The van der Waals surface area contributed by atoms with Gasteiger partial charge in [-0.1, -0.05) is 29.3 Å². The minimum atomic E-state index is -1.10. The van der Waals surface area contributed by atoms with E-state index in [4.69, 9.17) is 23.2 Å². The van der Waals surface area contributed by atoms with Crippen molar-refractivity contribution in [3.8, 4) is 0 Å². The molecule has 0 aliphatic heterocycles. The summed E-state index contributed by atoms with van der Waals surface area (Å²) in [6.07, 6.45) is 2.23. The van der Waals surface area contributed by atoms with Crippen LogP contribution in [0.15, 0.2) is 18.2 Å². The Kier molecular flexibility index (Phi) is 3.78. The van der Waals surface area contributed by atoms with Crippen LogP contribution in [-0.2, 0) is 9.59 Å². The summed E-state index contributed by atoms with van der Waals surface area (Å²) >= 11 is 11.8. The highest BCUT2D eigenvalue weighted by Gasteiger charge is 2.38. The third-order valence-electron chi connectivity index (χ3n) is 2.88. The molecule has 1 fully saturated rings. The van der Waals surface area contributed by atoms with E-state index in [2.05, 4.69) is 0 Å². The van der Waals surface area contributed by atoms with Gasteiger partial charge in [-0.2, -0.15) is 0 Å². The van der Waals surface area contributed by atoms with E-state index in [1.54, 1.807) is 12.1 Å². The van der Waals surface area contributed by atoms with Gasteiger partial charge >= 0.3 is 5.97 Å². The van der Waals surface area contributed by atoms with Crippen LogP contribution in [-0.4, -0.2) is 28.4 Å². The van der Waals surface area contributed by atoms with Crippen LogP contribution >= 0.6 is 23.2 Å². The first-order valence-electron chi connectivity index (χ1n) is 5.45. The minimum Gasteiger partial charge on any atom is -0.479 e. The lowest BCUT2D eigenvalue weighted by atomic mass is 10.1. The van der Waals surface area contributed by atoms with Crippen LogP contribution in [0.25, 0.3) is 0 Å². The summed E-state index contributed by atoms with van der Waals surface area (Å²) in [6.45, 7) is 0. The van der Waals surface area contributed by atoms with Gasteiger partial charge in [-0.05, 0) is 25.0 Å². The molecule has 96 valence electrons. The number of benzene rings is 1. The molecule has 2 rings (SSSR count). The molecule has 0 radical (unpaired) electrons. The number of carboxylic acid groups (broad SMARTS) is 1. The second-order valence-corrected chi connectivity index (χ2v) is 5.03. The zero-order chi connectivity index (χ0) is 13.3. The van der Waals surface area contributed by atoms with Crippen LogP contribution in [0.2, 0.25) is 10.0 Å². The summed E-state index contributed by atoms with van der Waals surface area (Å²) < 4.78 is 0. The number of amides is 1. The summed E-state index contributed by atoms with van der Waals surface area (Å²) in [4.78, 5) is 23.8. The van der Waals surface area contributed by atoms with Crippen LogP contribution in [0.3, 0.4) is 0 Å². The normalized spacial score (nSPS) is 16.1. The first-order chi connectivity index (χ1) is 8.54. The summed E-state index contributed by atoms with van der Waals surface area (Å²) in [6, 6.07) is 3.52. The molecule has 0 bridgehead atoms. The van der Waals surface area contributed by atoms with E-state index in [-0.39, 0.29) is 11.1 Å². The quantitative estimate of drug-likeness (QED) is 0.847. The molecule has 1 aromatic rings. The number of hydrogen-bond acceptors (Lipinski definition) is 2. The summed E-state index contributed by atoms with van der Waals surface area (Å²) in [5, 5.41) is 9.99. The zero-order valence-corrected chi connectivity index (χ0v) is 10.9. The van der Waals surface area contributed by atoms with Gasteiger partial charge in [-0.3, -0.25) is 4.79 Å². The SMILES string of the molecule is O=CN(C1CC1)C(C(=O)O)c1ccc(Cl)cc1Cl. The zero-order valence-electron chi connectivity index (χ0n) is 9.35. The van der Waals surface area contributed by atoms with Crippen molar-refractivity contribution in [3.63, 3.8) is 0 Å². The number of aliphatic carboxylic acids is 1. The Hall–Kier alpha value is -1.26. The predicted octanol–water partition coefficient (Wildman–Crippen LogP) is 2.74. The van der Waals surface area contributed by atoms with Crippen LogP contribution in [0.5, 0.6) is 0 Å². The molecule has 1 N–H and O–H groups in total. The Morgan fingerprint density at radius 3 is 2.56 bits per heavy atom. The lowest BCUT2D eigenvalue weighted by molar-refractivity contribution is -0.147. The standard InChI is InChI=1S/C12H11Cl2NO3/c13-7-1-4-9(10(14)5-7)11(12(17)18)15(6-16)8-2-3-8/h1,4-6,8,11H,2-3H2,(H,17,18). The highest BCUT2D eigenvalue weighted by atomic mass is 35.5. The van der Waals surface area contributed by atoms with E-state index in [0.717, 1.165) is 12.8 Å². The first kappa shape index (κ1) is 13.2. The molecule has 1 aliphatic carbocycles. The second kappa shape index (κ2) is 5.16. The average molecular weight is 288 g/mol. The van der Waals surface area contributed by atoms with Crippen molar-refractivity contribution in [2.75, 3.05) is 0 Å². The number of rotatable bonds is 5. The smallest absolute Gasteiger partial charge is 0.331 e. The van der Waals surface area contributed by atoms with Crippen molar-refractivity contribution in [2.24, 2.45) is 0 Å². The fourth-order valence-corrected chi connectivity index (χ4v) is 2.39. The molecule has 1 aromatic carbocycles. The van der Waals surface area contributed by atoms with Gasteiger partial charge in [0, 0.05) is 21.7 Å². The molecule has 1 saturated carbocycles. The number of hydrogen-bond donors (Lipinski definition) is 1. The Bertz CT molecular complexity index is 488. The first-order valence-corrected chi connectivity index (χ1v) is 6.20. The monoisotopic (exact) mass is 287 g/mol. The number of carbonyl (C=O) groups is 2. The Morgan fingerprint density at radius 1 is 1.44 bits per heavy atom. The predicted molar refractivity (Wildman–Crippen MR) is 67.8 cm³/mol. The van der Waals surface area contributed by atoms with E-state index in [9.17, 15) is 14.7 Å². The summed E-state index contributed by atoms with van der Waals surface area (Å²) in [7, 11) is 0. The molecular formula is C12H11Cl2NO3. The number of carbonyl (C=O) groups excluding carboxylic acids is 1. The fraction of sp³-hybridized carbons (Fsp3) is 0.333. The van der Waals surface area contributed by atoms with Gasteiger partial charge in [-0.15, -0.1) is 0 Å². The highest BCUT2D eigenvalue weighted by Crippen LogP contribution is 2.36. The molecule has 0 saturated heterocycles. The van der Waals surface area contributed by atoms with Crippen LogP contribution in [0.1, 0.15) is 24.4 Å². The molecule has 1 amide bonds. The molecular weight excluding hydrogens is 277 g/mol. The van der Waals surface area contributed by atoms with Crippen molar-refractivity contribution >= 4 is 35.6 Å². The van der Waals surface area contributed by atoms with Crippen molar-refractivity contribution in [1.82, 2.24) is 4.90 Å². The lowest BCUT2D eigenvalue weighted by Crippen LogP contribution is -2.35. The summed E-state index contributed by atoms with van der Waals surface area (Å²) in [5.41, 5.74) is 0.382. The third kappa shape index (κ3) is 2.60. The van der Waals surface area contributed by atoms with Gasteiger partial charge in [0.1, 0.15) is 0 Å². The van der Waals surface area contributed by atoms with Gasteiger partial charge in [0.25, 0.3) is 0 Å². The Morgan fingerprint density at radius 2 is 2.11 bits per heavy atom. The highest BCUT2D eigenvalue weighted by molar-refractivity contribution is 6.35. The largest absolute Gasteiger partial charge is 0.479 e. The second-order valence-electron chi connectivity index (χ2n) is 4.19. The van der Waals surface area contributed by atoms with Crippen molar-refractivity contribution in [3.05, 3.63) is 33.8 Å². The van der Waals surface area contributed by atoms with Gasteiger partial charge in [0.2, 0.25) is 6.41 Å². The van der Waals surface area contributed by atoms with Crippen LogP contribution in [0, 0.1) is 0 Å². The molecule has 0 heterocycles. The van der Waals surface area contributed by atoms with Gasteiger partial charge < -0.3 is 10.0 Å². The Balaban J connectivity index is 2.40. The molecule has 4 nitrogen and oxygen atoms in total. The molecule has 1 aliphatic rings. The molecule has 1 unspecified atom stereocenters. The maximum absolute atomic E-state index is 11.4. The van der Waals surface area contributed by atoms with E-state index in [1.807, 2.05) is 0 Å². The molecule has 0 spiro atoms. The average Bonchev–Trinajstić information content (AvgIpc) is 3.10.